The molecule has 0 aliphatic heterocycles. The minimum atomic E-state index is -0.756. The Kier molecular flexibility index (Phi) is 5.23. The predicted octanol–water partition coefficient (Wildman–Crippen LogP) is 2.64. The van der Waals surface area contributed by atoms with Gasteiger partial charge in [-0.2, -0.15) is 0 Å². The van der Waals surface area contributed by atoms with E-state index in [9.17, 15) is 18.7 Å². The molecule has 0 saturated heterocycles. The molecule has 2 amide bonds. The van der Waals surface area contributed by atoms with Gasteiger partial charge in [0.2, 0.25) is 0 Å². The normalized spacial score (nSPS) is 11.2. The number of anilines is 1. The van der Waals surface area contributed by atoms with Crippen molar-refractivity contribution in [3.8, 4) is 0 Å². The third-order valence-corrected chi connectivity index (χ3v) is 3.21. The van der Waals surface area contributed by atoms with Gasteiger partial charge in [-0.3, -0.25) is 0 Å². The van der Waals surface area contributed by atoms with Gasteiger partial charge in [0.1, 0.15) is 11.6 Å². The Labute approximate surface area is 110 Å². The van der Waals surface area contributed by atoms with Gasteiger partial charge in [-0.15, -0.1) is 0 Å². The Bertz CT molecular complexity index is 440. The van der Waals surface area contributed by atoms with Crippen LogP contribution in [0.1, 0.15) is 26.7 Å². The van der Waals surface area contributed by atoms with Gasteiger partial charge in [-0.25, -0.2) is 13.6 Å². The first-order valence-electron chi connectivity index (χ1n) is 6.11. The quantitative estimate of drug-likeness (QED) is 0.771. The highest BCUT2D eigenvalue weighted by Crippen LogP contribution is 2.17. The number of nitrogens with one attached hydrogen (secondary N) is 2. The first-order chi connectivity index (χ1) is 8.96. The fraction of sp³-hybridized carbons (Fsp3) is 0.462. The summed E-state index contributed by atoms with van der Waals surface area (Å²) in [5, 5.41) is 14.1. The first-order valence-corrected chi connectivity index (χ1v) is 6.11. The second-order valence-corrected chi connectivity index (χ2v) is 4.35. The fourth-order valence-electron chi connectivity index (χ4n) is 1.68. The van der Waals surface area contributed by atoms with Crippen molar-refractivity contribution >= 4 is 11.7 Å². The molecular formula is C13H18F2N2O2. The van der Waals surface area contributed by atoms with Crippen molar-refractivity contribution in [2.45, 2.75) is 32.2 Å². The third-order valence-electron chi connectivity index (χ3n) is 3.21. The van der Waals surface area contributed by atoms with Gasteiger partial charge in [0.25, 0.3) is 0 Å². The Morgan fingerprint density at radius 2 is 1.95 bits per heavy atom. The second kappa shape index (κ2) is 6.47. The number of amides is 2. The van der Waals surface area contributed by atoms with E-state index in [2.05, 4.69) is 10.6 Å². The summed E-state index contributed by atoms with van der Waals surface area (Å²) in [6, 6.07) is 2.12. The van der Waals surface area contributed by atoms with Crippen LogP contribution in [0.15, 0.2) is 18.2 Å². The molecule has 0 radical (unpaired) electrons. The van der Waals surface area contributed by atoms with Crippen LogP contribution in [0.25, 0.3) is 0 Å². The highest BCUT2D eigenvalue weighted by molar-refractivity contribution is 5.89. The zero-order chi connectivity index (χ0) is 14.5. The number of hydrogen-bond donors (Lipinski definition) is 3. The summed E-state index contributed by atoms with van der Waals surface area (Å²) in [7, 11) is 0. The predicted molar refractivity (Wildman–Crippen MR) is 68.9 cm³/mol. The lowest BCUT2D eigenvalue weighted by Crippen LogP contribution is -2.52. The van der Waals surface area contributed by atoms with E-state index in [-0.39, 0.29) is 12.3 Å². The van der Waals surface area contributed by atoms with Crippen LogP contribution in [0.2, 0.25) is 0 Å². The molecular weight excluding hydrogens is 254 g/mol. The lowest BCUT2D eigenvalue weighted by Gasteiger charge is -2.30. The van der Waals surface area contributed by atoms with Crippen molar-refractivity contribution in [2.75, 3.05) is 11.9 Å². The Morgan fingerprint density at radius 1 is 1.32 bits per heavy atom. The van der Waals surface area contributed by atoms with Crippen LogP contribution in [0.4, 0.5) is 19.3 Å². The molecule has 3 N–H and O–H groups in total. The number of rotatable bonds is 5. The van der Waals surface area contributed by atoms with Crippen LogP contribution in [0.5, 0.6) is 0 Å². The number of aliphatic hydroxyl groups is 1. The van der Waals surface area contributed by atoms with Gasteiger partial charge < -0.3 is 15.7 Å². The largest absolute Gasteiger partial charge is 0.394 e. The average molecular weight is 272 g/mol. The van der Waals surface area contributed by atoms with Gasteiger partial charge in [-0.05, 0) is 25.0 Å². The molecule has 0 bridgehead atoms. The lowest BCUT2D eigenvalue weighted by molar-refractivity contribution is 0.155. The van der Waals surface area contributed by atoms with E-state index in [1.165, 1.54) is 0 Å². The standard InChI is InChI=1S/C13H18F2N2O2/c1-3-13(4-2,8-18)17-12(19)16-11-7-9(14)5-6-10(11)15/h5-7,18H,3-4,8H2,1-2H3,(H2,16,17,19). The molecule has 0 fully saturated rings. The topological polar surface area (TPSA) is 61.4 Å². The highest BCUT2D eigenvalue weighted by atomic mass is 19.1. The van der Waals surface area contributed by atoms with Crippen LogP contribution in [-0.4, -0.2) is 23.3 Å². The van der Waals surface area contributed by atoms with Crippen molar-refractivity contribution in [1.29, 1.82) is 0 Å². The maximum absolute atomic E-state index is 13.3. The number of carbonyl (C=O) groups is 1. The van der Waals surface area contributed by atoms with Crippen molar-refractivity contribution in [3.05, 3.63) is 29.8 Å². The van der Waals surface area contributed by atoms with Gasteiger partial charge in [-0.1, -0.05) is 13.8 Å². The van der Waals surface area contributed by atoms with Crippen molar-refractivity contribution in [2.24, 2.45) is 0 Å². The molecule has 19 heavy (non-hydrogen) atoms. The van der Waals surface area contributed by atoms with E-state index < -0.39 is 23.2 Å². The molecule has 0 spiro atoms. The zero-order valence-corrected chi connectivity index (χ0v) is 11.0. The van der Waals surface area contributed by atoms with Gasteiger partial charge in [0, 0.05) is 6.07 Å². The zero-order valence-electron chi connectivity index (χ0n) is 11.0. The number of halogens is 2. The first kappa shape index (κ1) is 15.4. The molecule has 0 heterocycles. The maximum Gasteiger partial charge on any atom is 0.319 e. The number of aliphatic hydroxyl groups excluding tert-OH is 1. The molecule has 1 aromatic carbocycles. The summed E-state index contributed by atoms with van der Waals surface area (Å²) in [6.45, 7) is 3.42. The molecule has 0 aliphatic rings. The SMILES string of the molecule is CCC(CC)(CO)NC(=O)Nc1cc(F)ccc1F. The molecule has 4 nitrogen and oxygen atoms in total. The van der Waals surface area contributed by atoms with E-state index in [1.54, 1.807) is 0 Å². The molecule has 0 aromatic heterocycles. The van der Waals surface area contributed by atoms with E-state index in [1.807, 2.05) is 13.8 Å². The second-order valence-electron chi connectivity index (χ2n) is 4.35. The monoisotopic (exact) mass is 272 g/mol. The fourth-order valence-corrected chi connectivity index (χ4v) is 1.68. The molecule has 6 heteroatoms. The van der Waals surface area contributed by atoms with Gasteiger partial charge in [0.15, 0.2) is 0 Å². The van der Waals surface area contributed by atoms with E-state index >= 15 is 0 Å². The molecule has 0 saturated carbocycles. The highest BCUT2D eigenvalue weighted by Gasteiger charge is 2.27. The van der Waals surface area contributed by atoms with E-state index in [0.29, 0.717) is 12.8 Å². The van der Waals surface area contributed by atoms with E-state index in [0.717, 1.165) is 18.2 Å². The summed E-state index contributed by atoms with van der Waals surface area (Å²) in [5.74, 6) is -1.37. The molecule has 0 atom stereocenters. The van der Waals surface area contributed by atoms with Crippen LogP contribution < -0.4 is 10.6 Å². The van der Waals surface area contributed by atoms with Crippen LogP contribution >= 0.6 is 0 Å². The van der Waals surface area contributed by atoms with Crippen molar-refractivity contribution < 1.29 is 18.7 Å². The summed E-state index contributed by atoms with van der Waals surface area (Å²) < 4.78 is 26.3. The summed E-state index contributed by atoms with van der Waals surface area (Å²) >= 11 is 0. The minimum absolute atomic E-state index is 0.223. The summed E-state index contributed by atoms with van der Waals surface area (Å²) in [4.78, 5) is 11.7. The summed E-state index contributed by atoms with van der Waals surface area (Å²) in [5.41, 5.74) is -0.995. The van der Waals surface area contributed by atoms with Gasteiger partial charge >= 0.3 is 6.03 Å². The van der Waals surface area contributed by atoms with Crippen LogP contribution in [0.3, 0.4) is 0 Å². The minimum Gasteiger partial charge on any atom is -0.394 e. The Hall–Kier alpha value is -1.69. The lowest BCUT2D eigenvalue weighted by atomic mass is 9.94. The van der Waals surface area contributed by atoms with Crippen LogP contribution in [0, 0.1) is 11.6 Å². The van der Waals surface area contributed by atoms with Crippen LogP contribution in [-0.2, 0) is 0 Å². The third kappa shape index (κ3) is 3.89. The Morgan fingerprint density at radius 3 is 2.47 bits per heavy atom. The maximum atomic E-state index is 13.3. The summed E-state index contributed by atoms with van der Waals surface area (Å²) in [6.07, 6.45) is 1.05. The number of carbonyl (C=O) groups excluding carboxylic acids is 1. The molecule has 0 unspecified atom stereocenters. The smallest absolute Gasteiger partial charge is 0.319 e. The number of benzene rings is 1. The Balaban J connectivity index is 2.77. The molecule has 106 valence electrons. The van der Waals surface area contributed by atoms with E-state index in [4.69, 9.17) is 0 Å². The molecule has 1 rings (SSSR count). The molecule has 1 aromatic rings. The van der Waals surface area contributed by atoms with Crippen molar-refractivity contribution in [1.82, 2.24) is 5.32 Å². The number of hydrogen-bond acceptors (Lipinski definition) is 2. The molecule has 0 aliphatic carbocycles. The number of urea groups is 1. The van der Waals surface area contributed by atoms with Gasteiger partial charge in [0.05, 0.1) is 17.8 Å². The van der Waals surface area contributed by atoms with Crippen molar-refractivity contribution in [3.63, 3.8) is 0 Å². The average Bonchev–Trinajstić information content (AvgIpc) is 2.40.